The highest BCUT2D eigenvalue weighted by Gasteiger charge is 2.10. The molecule has 1 aromatic heterocycles. The zero-order valence-corrected chi connectivity index (χ0v) is 14.9. The molecule has 0 spiro atoms. The van der Waals surface area contributed by atoms with Crippen LogP contribution in [0.5, 0.6) is 0 Å². The molecule has 6 heteroatoms. The molecule has 0 atom stereocenters. The first-order chi connectivity index (χ1) is 10.0. The zero-order chi connectivity index (χ0) is 15.4. The van der Waals surface area contributed by atoms with Gasteiger partial charge in [-0.05, 0) is 53.0 Å². The minimum absolute atomic E-state index is 0.481. The summed E-state index contributed by atoms with van der Waals surface area (Å²) >= 11 is 15.9. The van der Waals surface area contributed by atoms with Crippen molar-refractivity contribution in [2.75, 3.05) is 17.2 Å². The second-order valence-corrected chi connectivity index (χ2v) is 6.35. The van der Waals surface area contributed by atoms with E-state index >= 15 is 0 Å². The molecule has 1 heterocycles. The quantitative estimate of drug-likeness (QED) is 0.656. The van der Waals surface area contributed by atoms with Crippen LogP contribution < -0.4 is 10.6 Å². The molecule has 0 bridgehead atoms. The first-order valence-electron chi connectivity index (χ1n) is 6.64. The Bertz CT molecular complexity index is 647. The van der Waals surface area contributed by atoms with Crippen LogP contribution in [-0.4, -0.2) is 11.5 Å². The van der Waals surface area contributed by atoms with Crippen LogP contribution in [-0.2, 0) is 0 Å². The number of hydrogen-bond donors (Lipinski definition) is 2. The topological polar surface area (TPSA) is 37.0 Å². The van der Waals surface area contributed by atoms with Crippen molar-refractivity contribution in [2.45, 2.75) is 20.3 Å². The van der Waals surface area contributed by atoms with Crippen molar-refractivity contribution in [1.29, 1.82) is 0 Å². The summed E-state index contributed by atoms with van der Waals surface area (Å²) in [7, 11) is 0. The van der Waals surface area contributed by atoms with Crippen LogP contribution in [0.1, 0.15) is 18.9 Å². The van der Waals surface area contributed by atoms with E-state index in [0.29, 0.717) is 21.7 Å². The Hall–Kier alpha value is -0.970. The average molecular weight is 389 g/mol. The third-order valence-corrected chi connectivity index (χ3v) is 4.08. The number of nitrogens with zero attached hydrogens (tertiary/aromatic N) is 1. The van der Waals surface area contributed by atoms with Gasteiger partial charge in [0.1, 0.15) is 5.82 Å². The Morgan fingerprint density at radius 2 is 1.86 bits per heavy atom. The summed E-state index contributed by atoms with van der Waals surface area (Å²) < 4.78 is 0.957. The summed E-state index contributed by atoms with van der Waals surface area (Å²) in [4.78, 5) is 4.46. The molecule has 0 amide bonds. The van der Waals surface area contributed by atoms with Crippen molar-refractivity contribution >= 4 is 56.5 Å². The summed E-state index contributed by atoms with van der Waals surface area (Å²) in [6, 6.07) is 7.72. The molecule has 0 saturated carbocycles. The largest absolute Gasteiger partial charge is 0.369 e. The van der Waals surface area contributed by atoms with Gasteiger partial charge in [0.2, 0.25) is 0 Å². The van der Waals surface area contributed by atoms with Crippen molar-refractivity contribution in [2.24, 2.45) is 0 Å². The highest BCUT2D eigenvalue weighted by atomic mass is 79.9. The minimum Gasteiger partial charge on any atom is -0.369 e. The van der Waals surface area contributed by atoms with Crippen LogP contribution >= 0.6 is 39.1 Å². The molecule has 21 heavy (non-hydrogen) atoms. The number of aryl methyl sites for hydroxylation is 1. The Morgan fingerprint density at radius 1 is 1.14 bits per heavy atom. The average Bonchev–Trinajstić information content (AvgIpc) is 2.43. The molecule has 0 unspecified atom stereocenters. The molecular formula is C15H16BrCl2N3. The number of halogens is 3. The Labute approximate surface area is 143 Å². The molecule has 0 aliphatic heterocycles. The fourth-order valence-electron chi connectivity index (χ4n) is 1.77. The predicted molar refractivity (Wildman–Crippen MR) is 95.2 cm³/mol. The molecule has 0 radical (unpaired) electrons. The maximum absolute atomic E-state index is 6.22. The van der Waals surface area contributed by atoms with Gasteiger partial charge in [0.15, 0.2) is 5.82 Å². The van der Waals surface area contributed by atoms with E-state index in [4.69, 9.17) is 23.2 Å². The fraction of sp³-hybridized carbons (Fsp3) is 0.267. The van der Waals surface area contributed by atoms with Gasteiger partial charge >= 0.3 is 0 Å². The van der Waals surface area contributed by atoms with Gasteiger partial charge in [-0.3, -0.25) is 0 Å². The van der Waals surface area contributed by atoms with Gasteiger partial charge < -0.3 is 10.6 Å². The van der Waals surface area contributed by atoms with E-state index in [1.54, 1.807) is 6.07 Å². The summed E-state index contributed by atoms with van der Waals surface area (Å²) in [5.74, 6) is 1.21. The van der Waals surface area contributed by atoms with Crippen LogP contribution in [0, 0.1) is 6.92 Å². The van der Waals surface area contributed by atoms with Crippen LogP contribution in [0.3, 0.4) is 0 Å². The van der Waals surface area contributed by atoms with E-state index < -0.39 is 0 Å². The lowest BCUT2D eigenvalue weighted by atomic mass is 10.2. The molecule has 3 nitrogen and oxygen atoms in total. The molecule has 0 aliphatic carbocycles. The maximum atomic E-state index is 6.22. The first-order valence-corrected chi connectivity index (χ1v) is 8.19. The molecule has 2 aromatic rings. The molecule has 2 rings (SSSR count). The Balaban J connectivity index is 2.30. The normalized spacial score (nSPS) is 10.5. The van der Waals surface area contributed by atoms with Crippen molar-refractivity contribution < 1.29 is 0 Å². The first kappa shape index (κ1) is 16.4. The summed E-state index contributed by atoms with van der Waals surface area (Å²) in [5.41, 5.74) is 2.08. The lowest BCUT2D eigenvalue weighted by Crippen LogP contribution is -2.05. The van der Waals surface area contributed by atoms with E-state index in [1.165, 1.54) is 5.56 Å². The number of anilines is 3. The lowest BCUT2D eigenvalue weighted by Gasteiger charge is -2.13. The highest BCUT2D eigenvalue weighted by molar-refractivity contribution is 9.10. The molecule has 0 aliphatic rings. The third-order valence-electron chi connectivity index (χ3n) is 2.85. The van der Waals surface area contributed by atoms with Crippen LogP contribution in [0.2, 0.25) is 10.0 Å². The van der Waals surface area contributed by atoms with Crippen molar-refractivity contribution in [3.63, 3.8) is 0 Å². The Morgan fingerprint density at radius 3 is 2.52 bits per heavy atom. The van der Waals surface area contributed by atoms with Gasteiger partial charge in [-0.15, -0.1) is 0 Å². The summed E-state index contributed by atoms with van der Waals surface area (Å²) in [5, 5.41) is 7.41. The molecule has 112 valence electrons. The number of aromatic nitrogens is 1. The number of pyridine rings is 1. The SMILES string of the molecule is CCCNc1nc(Nc2ccc(C)cc2Br)c(Cl)cc1Cl. The van der Waals surface area contributed by atoms with Gasteiger partial charge in [0.25, 0.3) is 0 Å². The third kappa shape index (κ3) is 4.25. The van der Waals surface area contributed by atoms with Gasteiger partial charge in [0.05, 0.1) is 15.7 Å². The van der Waals surface area contributed by atoms with Gasteiger partial charge in [-0.2, -0.15) is 0 Å². The smallest absolute Gasteiger partial charge is 0.151 e. The molecule has 0 saturated heterocycles. The zero-order valence-electron chi connectivity index (χ0n) is 11.8. The molecular weight excluding hydrogens is 373 g/mol. The van der Waals surface area contributed by atoms with E-state index in [0.717, 1.165) is 23.1 Å². The Kier molecular flexibility index (Phi) is 5.73. The van der Waals surface area contributed by atoms with E-state index in [-0.39, 0.29) is 0 Å². The number of hydrogen-bond acceptors (Lipinski definition) is 3. The van der Waals surface area contributed by atoms with E-state index in [2.05, 4.69) is 38.5 Å². The van der Waals surface area contributed by atoms with Gasteiger partial charge in [-0.1, -0.05) is 36.2 Å². The van der Waals surface area contributed by atoms with Crippen LogP contribution in [0.15, 0.2) is 28.7 Å². The fourth-order valence-corrected chi connectivity index (χ4v) is 2.84. The van der Waals surface area contributed by atoms with Crippen LogP contribution in [0.25, 0.3) is 0 Å². The number of benzene rings is 1. The number of rotatable bonds is 5. The van der Waals surface area contributed by atoms with Crippen molar-refractivity contribution in [3.05, 3.63) is 44.3 Å². The monoisotopic (exact) mass is 387 g/mol. The minimum atomic E-state index is 0.481. The standard InChI is InChI=1S/C15H16BrCl2N3/c1-3-6-19-14-11(17)8-12(18)15(21-14)20-13-5-4-9(2)7-10(13)16/h4-5,7-8H,3,6H2,1-2H3,(H2,19,20,21). The molecule has 0 fully saturated rings. The van der Waals surface area contributed by atoms with Crippen molar-refractivity contribution in [3.8, 4) is 0 Å². The second kappa shape index (κ2) is 7.34. The summed E-state index contributed by atoms with van der Waals surface area (Å²) in [6.45, 7) is 4.93. The van der Waals surface area contributed by atoms with E-state index in [1.807, 2.05) is 25.1 Å². The highest BCUT2D eigenvalue weighted by Crippen LogP contribution is 2.33. The predicted octanol–water partition coefficient (Wildman–Crippen LogP) is 6.02. The molecule has 2 N–H and O–H groups in total. The van der Waals surface area contributed by atoms with E-state index in [9.17, 15) is 0 Å². The summed E-state index contributed by atoms with van der Waals surface area (Å²) in [6.07, 6.45) is 0.993. The molecule has 1 aromatic carbocycles. The lowest BCUT2D eigenvalue weighted by molar-refractivity contribution is 0.970. The van der Waals surface area contributed by atoms with Gasteiger partial charge in [-0.25, -0.2) is 4.98 Å². The van der Waals surface area contributed by atoms with Gasteiger partial charge in [0, 0.05) is 11.0 Å². The maximum Gasteiger partial charge on any atom is 0.151 e. The van der Waals surface area contributed by atoms with Crippen molar-refractivity contribution in [1.82, 2.24) is 4.98 Å². The van der Waals surface area contributed by atoms with Crippen LogP contribution in [0.4, 0.5) is 17.3 Å². The second-order valence-electron chi connectivity index (χ2n) is 4.68. The number of nitrogens with one attached hydrogen (secondary N) is 2.